The van der Waals surface area contributed by atoms with Crippen molar-refractivity contribution in [2.75, 3.05) is 12.4 Å². The minimum atomic E-state index is -4.22. The average molecular weight is 495 g/mol. The summed E-state index contributed by atoms with van der Waals surface area (Å²) in [6, 6.07) is 10.3. The van der Waals surface area contributed by atoms with Crippen molar-refractivity contribution in [1.29, 1.82) is 0 Å². The number of halogens is 4. The molecule has 28 heavy (non-hydrogen) atoms. The number of rotatable bonds is 8. The maximum atomic E-state index is 12.4. The quantitative estimate of drug-likeness (QED) is 0.405. The first-order valence-corrected chi connectivity index (χ1v) is 11.1. The third-order valence-corrected chi connectivity index (χ3v) is 5.59. The Morgan fingerprint density at radius 1 is 1.18 bits per heavy atom. The van der Waals surface area contributed by atoms with Crippen LogP contribution in [0.25, 0.3) is 0 Å². The van der Waals surface area contributed by atoms with Gasteiger partial charge in [0.25, 0.3) is 0 Å². The summed E-state index contributed by atoms with van der Waals surface area (Å²) in [6.45, 7) is 2.02. The summed E-state index contributed by atoms with van der Waals surface area (Å²) < 4.78 is 49.1. The van der Waals surface area contributed by atoms with Gasteiger partial charge in [-0.15, -0.1) is 0 Å². The first-order chi connectivity index (χ1) is 13.2. The zero-order valence-corrected chi connectivity index (χ0v) is 19.0. The van der Waals surface area contributed by atoms with E-state index >= 15 is 0 Å². The molecular weight excluding hydrogens is 476 g/mol. The summed E-state index contributed by atoms with van der Waals surface area (Å²) in [4.78, 5) is 11.7. The number of ether oxygens (including phenoxy) is 2. The van der Waals surface area contributed by atoms with E-state index in [1.807, 2.05) is 12.1 Å². The van der Waals surface area contributed by atoms with Crippen LogP contribution < -0.4 is 9.09 Å². The predicted molar refractivity (Wildman–Crippen MR) is 109 cm³/mol. The number of benzene rings is 2. The van der Waals surface area contributed by atoms with Gasteiger partial charge in [-0.1, -0.05) is 0 Å². The molecule has 0 amide bonds. The van der Waals surface area contributed by atoms with E-state index in [0.717, 1.165) is 16.1 Å². The Morgan fingerprint density at radius 2 is 1.93 bits per heavy atom. The Kier molecular flexibility index (Phi) is 8.59. The molecule has 0 aliphatic carbocycles. The fourth-order valence-electron chi connectivity index (χ4n) is 2.32. The van der Waals surface area contributed by atoms with E-state index in [4.69, 9.17) is 21.1 Å². The number of alkyl halides is 3. The predicted octanol–water partition coefficient (Wildman–Crippen LogP) is 4.29. The van der Waals surface area contributed by atoms with E-state index in [9.17, 15) is 18.0 Å². The zero-order valence-electron chi connectivity index (χ0n) is 15.0. The van der Waals surface area contributed by atoms with E-state index in [0.29, 0.717) is 34.3 Å². The fourth-order valence-corrected chi connectivity index (χ4v) is 3.88. The molecule has 0 N–H and O–H groups in total. The summed E-state index contributed by atoms with van der Waals surface area (Å²) in [7, 11) is 0. The van der Waals surface area contributed by atoms with E-state index < -0.39 is 11.9 Å². The molecular formula is C19H19AsClF3O3S. The van der Waals surface area contributed by atoms with Crippen LogP contribution in [-0.2, 0) is 21.7 Å². The molecule has 152 valence electrons. The Morgan fingerprint density at radius 3 is 2.61 bits per heavy atom. The molecule has 3 nitrogen and oxygen atoms in total. The first-order valence-electron chi connectivity index (χ1n) is 8.32. The second kappa shape index (κ2) is 10.5. The molecule has 0 fully saturated rings. The SMILES string of the molecule is CCOC(=O)Cc1ccc(Cl)c(Oc2ccc([AsH2])cc2CSCC(F)(F)F)c1. The Hall–Kier alpha value is -1.30. The number of thioether (sulfide) groups is 1. The van der Waals surface area contributed by atoms with Gasteiger partial charge < -0.3 is 0 Å². The molecule has 2 aromatic rings. The van der Waals surface area contributed by atoms with Crippen LogP contribution in [-0.4, -0.2) is 41.4 Å². The third kappa shape index (κ3) is 7.61. The first kappa shape index (κ1) is 23.0. The van der Waals surface area contributed by atoms with Gasteiger partial charge in [0.2, 0.25) is 0 Å². The van der Waals surface area contributed by atoms with Crippen molar-refractivity contribution in [3.8, 4) is 11.5 Å². The molecule has 0 radical (unpaired) electrons. The van der Waals surface area contributed by atoms with Gasteiger partial charge in [0.1, 0.15) is 0 Å². The monoisotopic (exact) mass is 494 g/mol. The summed E-state index contributed by atoms with van der Waals surface area (Å²) in [5.41, 5.74) is 1.32. The van der Waals surface area contributed by atoms with Gasteiger partial charge in [0.15, 0.2) is 0 Å². The van der Waals surface area contributed by atoms with Gasteiger partial charge in [-0.3, -0.25) is 0 Å². The molecule has 1 unspecified atom stereocenters. The van der Waals surface area contributed by atoms with Crippen molar-refractivity contribution >= 4 is 50.5 Å². The molecule has 0 spiro atoms. The molecule has 0 aliphatic rings. The Bertz CT molecular complexity index is 831. The van der Waals surface area contributed by atoms with Gasteiger partial charge >= 0.3 is 173 Å². The van der Waals surface area contributed by atoms with Gasteiger partial charge in [0.05, 0.1) is 0 Å². The summed E-state index contributed by atoms with van der Waals surface area (Å²) >= 11 is 8.34. The number of carbonyl (C=O) groups excluding carboxylic acids is 1. The molecule has 1 atom stereocenters. The standard InChI is InChI=1S/C19H19AsClF3O3S/c1-2-26-18(25)8-12-3-5-15(21)17(7-12)27-16-6-4-14(20)9-13(16)10-28-11-19(22,23)24/h3-7,9H,2,8,10-11,20H2,1H3. The van der Waals surface area contributed by atoms with Crippen LogP contribution in [0.3, 0.4) is 0 Å². The summed E-state index contributed by atoms with van der Waals surface area (Å²) in [6.07, 6.45) is -4.14. The van der Waals surface area contributed by atoms with Crippen LogP contribution in [0.1, 0.15) is 18.1 Å². The molecule has 2 aromatic carbocycles. The molecule has 0 saturated carbocycles. The van der Waals surface area contributed by atoms with Gasteiger partial charge in [-0.05, 0) is 6.92 Å². The number of carbonyl (C=O) groups is 1. The molecule has 0 saturated heterocycles. The average Bonchev–Trinajstić information content (AvgIpc) is 2.59. The van der Waals surface area contributed by atoms with Crippen LogP contribution in [0.2, 0.25) is 5.02 Å². The number of hydrogen-bond donors (Lipinski definition) is 0. The normalized spacial score (nSPS) is 11.4. The van der Waals surface area contributed by atoms with Crippen LogP contribution in [0.4, 0.5) is 13.2 Å². The fraction of sp³-hybridized carbons (Fsp3) is 0.316. The summed E-state index contributed by atoms with van der Waals surface area (Å²) in [5.74, 6) is -0.364. The second-order valence-electron chi connectivity index (χ2n) is 5.82. The molecule has 0 aliphatic heterocycles. The van der Waals surface area contributed by atoms with Crippen LogP contribution in [0.15, 0.2) is 36.4 Å². The van der Waals surface area contributed by atoms with Crippen molar-refractivity contribution in [1.82, 2.24) is 0 Å². The van der Waals surface area contributed by atoms with Crippen molar-refractivity contribution in [3.05, 3.63) is 52.5 Å². The van der Waals surface area contributed by atoms with Crippen LogP contribution in [0.5, 0.6) is 11.5 Å². The van der Waals surface area contributed by atoms with Crippen LogP contribution in [0, 0.1) is 0 Å². The van der Waals surface area contributed by atoms with Gasteiger partial charge in [-0.25, -0.2) is 0 Å². The van der Waals surface area contributed by atoms with E-state index in [-0.39, 0.29) is 18.1 Å². The van der Waals surface area contributed by atoms with Gasteiger partial charge in [-0.2, -0.15) is 0 Å². The Labute approximate surface area is 179 Å². The number of esters is 1. The third-order valence-electron chi connectivity index (χ3n) is 3.48. The second-order valence-corrected chi connectivity index (χ2v) is 8.62. The molecule has 9 heteroatoms. The van der Waals surface area contributed by atoms with E-state index in [1.165, 1.54) is 16.9 Å². The van der Waals surface area contributed by atoms with Crippen molar-refractivity contribution in [2.45, 2.75) is 25.3 Å². The van der Waals surface area contributed by atoms with Crippen LogP contribution >= 0.6 is 23.4 Å². The zero-order chi connectivity index (χ0) is 20.7. The van der Waals surface area contributed by atoms with E-state index in [1.54, 1.807) is 31.2 Å². The molecule has 2 rings (SSSR count). The Balaban J connectivity index is 2.19. The van der Waals surface area contributed by atoms with E-state index in [2.05, 4.69) is 0 Å². The van der Waals surface area contributed by atoms with Gasteiger partial charge in [0, 0.05) is 0 Å². The van der Waals surface area contributed by atoms with Crippen molar-refractivity contribution < 1.29 is 27.4 Å². The maximum absolute atomic E-state index is 12.4. The van der Waals surface area contributed by atoms with Crippen molar-refractivity contribution in [3.63, 3.8) is 0 Å². The molecule has 0 aromatic heterocycles. The molecule has 0 bridgehead atoms. The number of hydrogen-bond acceptors (Lipinski definition) is 4. The van der Waals surface area contributed by atoms with Crippen molar-refractivity contribution in [2.24, 2.45) is 0 Å². The minimum absolute atomic E-state index is 0.0755. The molecule has 0 heterocycles. The topological polar surface area (TPSA) is 35.5 Å². The summed E-state index contributed by atoms with van der Waals surface area (Å²) in [5, 5.41) is 0.339.